The summed E-state index contributed by atoms with van der Waals surface area (Å²) >= 11 is 11.2. The molecule has 0 radical (unpaired) electrons. The van der Waals surface area contributed by atoms with E-state index in [1.807, 2.05) is 23.6 Å². The van der Waals surface area contributed by atoms with Crippen molar-refractivity contribution in [1.29, 1.82) is 0 Å². The maximum atomic E-state index is 12.2. The molecule has 0 unspecified atom stereocenters. The van der Waals surface area contributed by atoms with Crippen LogP contribution >= 0.6 is 38.9 Å². The van der Waals surface area contributed by atoms with Crippen molar-refractivity contribution in [2.24, 2.45) is 0 Å². The summed E-state index contributed by atoms with van der Waals surface area (Å²) in [5, 5.41) is 8.57. The molecule has 0 fully saturated rings. The number of hydrogen-bond acceptors (Lipinski definition) is 5. The number of fused-ring (bicyclic) bond motifs is 1. The molecule has 0 aliphatic rings. The highest BCUT2D eigenvalue weighted by atomic mass is 79.9. The highest BCUT2D eigenvalue weighted by Gasteiger charge is 2.11. The third-order valence-corrected chi connectivity index (χ3v) is 5.34. The number of rotatable bonds is 4. The molecule has 0 bridgehead atoms. The van der Waals surface area contributed by atoms with Crippen LogP contribution in [0.3, 0.4) is 0 Å². The second-order valence-electron chi connectivity index (χ2n) is 5.65. The number of carbonyl (C=O) groups excluding carboxylic acids is 1. The SMILES string of the molecule is O=C(Nc1cccc(Br)c1)Nc1ccc(Oc2ncnc3sccc23)cc1Cl. The number of hydrogen-bond donors (Lipinski definition) is 2. The number of amides is 2. The van der Waals surface area contributed by atoms with Crippen LogP contribution < -0.4 is 15.4 Å². The lowest BCUT2D eigenvalue weighted by molar-refractivity contribution is 0.262. The van der Waals surface area contributed by atoms with E-state index in [1.165, 1.54) is 17.7 Å². The Morgan fingerprint density at radius 3 is 2.82 bits per heavy atom. The van der Waals surface area contributed by atoms with Crippen molar-refractivity contribution in [3.8, 4) is 11.6 Å². The van der Waals surface area contributed by atoms with Crippen molar-refractivity contribution in [2.45, 2.75) is 0 Å². The van der Waals surface area contributed by atoms with Gasteiger partial charge in [0.25, 0.3) is 0 Å². The zero-order valence-electron chi connectivity index (χ0n) is 14.1. The van der Waals surface area contributed by atoms with E-state index in [4.69, 9.17) is 16.3 Å². The van der Waals surface area contributed by atoms with Crippen molar-refractivity contribution in [3.63, 3.8) is 0 Å². The van der Waals surface area contributed by atoms with Gasteiger partial charge in [-0.2, -0.15) is 0 Å². The summed E-state index contributed by atoms with van der Waals surface area (Å²) in [7, 11) is 0. The first kappa shape index (κ1) is 18.7. The van der Waals surface area contributed by atoms with E-state index in [2.05, 4.69) is 36.5 Å². The van der Waals surface area contributed by atoms with Crippen LogP contribution in [0.4, 0.5) is 16.2 Å². The first-order chi connectivity index (χ1) is 13.6. The number of anilines is 2. The molecular weight excluding hydrogens is 464 g/mol. The fraction of sp³-hybridized carbons (Fsp3) is 0. The highest BCUT2D eigenvalue weighted by Crippen LogP contribution is 2.33. The second kappa shape index (κ2) is 8.14. The van der Waals surface area contributed by atoms with Gasteiger partial charge >= 0.3 is 6.03 Å². The molecular formula is C19H12BrClN4O2S. The average molecular weight is 476 g/mol. The molecule has 28 heavy (non-hydrogen) atoms. The van der Waals surface area contributed by atoms with E-state index in [1.54, 1.807) is 30.3 Å². The minimum atomic E-state index is -0.399. The summed E-state index contributed by atoms with van der Waals surface area (Å²) < 4.78 is 6.71. The summed E-state index contributed by atoms with van der Waals surface area (Å²) in [5.74, 6) is 0.963. The molecule has 140 valence electrons. The van der Waals surface area contributed by atoms with Crippen molar-refractivity contribution < 1.29 is 9.53 Å². The molecule has 4 aromatic rings. The second-order valence-corrected chi connectivity index (χ2v) is 7.87. The van der Waals surface area contributed by atoms with Crippen molar-refractivity contribution in [1.82, 2.24) is 9.97 Å². The zero-order chi connectivity index (χ0) is 19.5. The van der Waals surface area contributed by atoms with E-state index < -0.39 is 6.03 Å². The molecule has 0 saturated carbocycles. The van der Waals surface area contributed by atoms with Gasteiger partial charge in [-0.15, -0.1) is 11.3 Å². The zero-order valence-corrected chi connectivity index (χ0v) is 17.3. The quantitative estimate of drug-likeness (QED) is 0.351. The Morgan fingerprint density at radius 2 is 2.00 bits per heavy atom. The van der Waals surface area contributed by atoms with Gasteiger partial charge in [0, 0.05) is 16.2 Å². The minimum absolute atomic E-state index is 0.345. The Bertz CT molecular complexity index is 1170. The van der Waals surface area contributed by atoms with Gasteiger partial charge in [-0.05, 0) is 41.8 Å². The van der Waals surface area contributed by atoms with Gasteiger partial charge < -0.3 is 15.4 Å². The molecule has 2 amide bonds. The van der Waals surface area contributed by atoms with Crippen LogP contribution in [0.15, 0.2) is 64.7 Å². The smallest absolute Gasteiger partial charge is 0.323 e. The van der Waals surface area contributed by atoms with Gasteiger partial charge in [-0.25, -0.2) is 14.8 Å². The van der Waals surface area contributed by atoms with Crippen LogP contribution in [-0.2, 0) is 0 Å². The van der Waals surface area contributed by atoms with E-state index in [0.29, 0.717) is 28.0 Å². The summed E-state index contributed by atoms with van der Waals surface area (Å²) in [6, 6.07) is 13.8. The van der Waals surface area contributed by atoms with Crippen LogP contribution in [0.1, 0.15) is 0 Å². The lowest BCUT2D eigenvalue weighted by Crippen LogP contribution is -2.19. The number of benzene rings is 2. The van der Waals surface area contributed by atoms with Crippen LogP contribution in [0.5, 0.6) is 11.6 Å². The lowest BCUT2D eigenvalue weighted by atomic mass is 10.3. The van der Waals surface area contributed by atoms with Crippen molar-refractivity contribution >= 4 is 66.5 Å². The number of aromatic nitrogens is 2. The number of thiophene rings is 1. The highest BCUT2D eigenvalue weighted by molar-refractivity contribution is 9.10. The summed E-state index contributed by atoms with van der Waals surface area (Å²) in [5.41, 5.74) is 1.12. The van der Waals surface area contributed by atoms with Crippen LogP contribution in [-0.4, -0.2) is 16.0 Å². The monoisotopic (exact) mass is 474 g/mol. The van der Waals surface area contributed by atoms with Gasteiger partial charge in [-0.3, -0.25) is 0 Å². The molecule has 2 aromatic carbocycles. The predicted molar refractivity (Wildman–Crippen MR) is 116 cm³/mol. The van der Waals surface area contributed by atoms with Gasteiger partial charge in [-0.1, -0.05) is 33.6 Å². The number of nitrogens with one attached hydrogen (secondary N) is 2. The number of urea groups is 1. The average Bonchev–Trinajstić information content (AvgIpc) is 3.14. The number of halogens is 2. The maximum absolute atomic E-state index is 12.2. The van der Waals surface area contributed by atoms with Gasteiger partial charge in [0.15, 0.2) is 0 Å². The Kier molecular flexibility index (Phi) is 5.43. The van der Waals surface area contributed by atoms with Crippen LogP contribution in [0.25, 0.3) is 10.2 Å². The van der Waals surface area contributed by atoms with E-state index in [0.717, 1.165) is 14.7 Å². The first-order valence-corrected chi connectivity index (χ1v) is 10.1. The molecule has 2 aromatic heterocycles. The fourth-order valence-corrected chi connectivity index (χ4v) is 3.81. The Morgan fingerprint density at radius 1 is 1.11 bits per heavy atom. The molecule has 9 heteroatoms. The lowest BCUT2D eigenvalue weighted by Gasteiger charge is -2.11. The normalized spacial score (nSPS) is 10.6. The molecule has 0 saturated heterocycles. The number of nitrogens with zero attached hydrogens (tertiary/aromatic N) is 2. The van der Waals surface area contributed by atoms with E-state index in [-0.39, 0.29) is 0 Å². The van der Waals surface area contributed by atoms with Gasteiger partial charge in [0.2, 0.25) is 5.88 Å². The fourth-order valence-electron chi connectivity index (χ4n) is 2.47. The number of ether oxygens (including phenoxy) is 1. The first-order valence-electron chi connectivity index (χ1n) is 8.08. The topological polar surface area (TPSA) is 76.1 Å². The minimum Gasteiger partial charge on any atom is -0.438 e. The molecule has 2 heterocycles. The van der Waals surface area contributed by atoms with Crippen LogP contribution in [0, 0.1) is 0 Å². The third-order valence-electron chi connectivity index (χ3n) is 3.71. The van der Waals surface area contributed by atoms with Crippen molar-refractivity contribution in [3.05, 3.63) is 69.7 Å². The van der Waals surface area contributed by atoms with E-state index in [9.17, 15) is 4.79 Å². The van der Waals surface area contributed by atoms with Gasteiger partial charge in [0.1, 0.15) is 16.9 Å². The van der Waals surface area contributed by atoms with Crippen LogP contribution in [0.2, 0.25) is 5.02 Å². The maximum Gasteiger partial charge on any atom is 0.323 e. The summed E-state index contributed by atoms with van der Waals surface area (Å²) in [6.45, 7) is 0. The Hall–Kier alpha value is -2.68. The molecule has 0 atom stereocenters. The number of carbonyl (C=O) groups is 1. The van der Waals surface area contributed by atoms with Gasteiger partial charge in [0.05, 0.1) is 16.1 Å². The van der Waals surface area contributed by atoms with Crippen molar-refractivity contribution in [2.75, 3.05) is 10.6 Å². The third kappa shape index (κ3) is 4.24. The molecule has 0 aliphatic heterocycles. The molecule has 2 N–H and O–H groups in total. The predicted octanol–water partition coefficient (Wildman–Crippen LogP) is 6.54. The molecule has 6 nitrogen and oxygen atoms in total. The Balaban J connectivity index is 1.47. The summed E-state index contributed by atoms with van der Waals surface area (Å²) in [4.78, 5) is 21.4. The molecule has 0 spiro atoms. The standard InChI is InChI=1S/C19H12BrClN4O2S/c20-11-2-1-3-12(8-11)24-19(26)25-16-5-4-13(9-15(16)21)27-17-14-6-7-28-18(14)23-10-22-17/h1-10H,(H2,24,25,26). The Labute approximate surface area is 177 Å². The van der Waals surface area contributed by atoms with E-state index >= 15 is 0 Å². The largest absolute Gasteiger partial charge is 0.438 e. The molecule has 0 aliphatic carbocycles. The molecule has 4 rings (SSSR count). The summed E-state index contributed by atoms with van der Waals surface area (Å²) in [6.07, 6.45) is 1.46.